The lowest BCUT2D eigenvalue weighted by molar-refractivity contribution is -0.134. The van der Waals surface area contributed by atoms with E-state index in [9.17, 15) is 9.59 Å². The maximum absolute atomic E-state index is 13.6. The first-order valence-corrected chi connectivity index (χ1v) is 12.0. The van der Waals surface area contributed by atoms with Crippen LogP contribution in [0.25, 0.3) is 22.2 Å². The zero-order valence-corrected chi connectivity index (χ0v) is 19.7. The molecule has 5 rings (SSSR count). The molecule has 2 amide bonds. The first kappa shape index (κ1) is 22.8. The van der Waals surface area contributed by atoms with Crippen molar-refractivity contribution in [2.45, 2.75) is 0 Å². The van der Waals surface area contributed by atoms with Gasteiger partial charge in [0.1, 0.15) is 0 Å². The van der Waals surface area contributed by atoms with Gasteiger partial charge in [0.2, 0.25) is 5.91 Å². The summed E-state index contributed by atoms with van der Waals surface area (Å²) < 4.78 is 5.36. The Morgan fingerprint density at radius 1 is 0.882 bits per heavy atom. The Balaban J connectivity index is 1.32. The number of carbonyl (C=O) groups excluding carboxylic acids is 2. The lowest BCUT2D eigenvalue weighted by Gasteiger charge is -2.36. The molecule has 34 heavy (non-hydrogen) atoms. The fraction of sp³-hybridized carbons (Fsp3) is 0.346. The van der Waals surface area contributed by atoms with Crippen LogP contribution in [0.2, 0.25) is 5.02 Å². The minimum atomic E-state index is -0.0332. The van der Waals surface area contributed by atoms with Crippen LogP contribution >= 0.6 is 11.6 Å². The molecule has 0 aliphatic carbocycles. The fourth-order valence-electron chi connectivity index (χ4n) is 4.50. The number of fused-ring (bicyclic) bond motifs is 1. The summed E-state index contributed by atoms with van der Waals surface area (Å²) in [6, 6.07) is 17.0. The third-order valence-corrected chi connectivity index (χ3v) is 6.72. The maximum Gasteiger partial charge on any atom is 0.254 e. The third-order valence-electron chi connectivity index (χ3n) is 6.47. The van der Waals surface area contributed by atoms with Gasteiger partial charge in [0.15, 0.2) is 0 Å². The lowest BCUT2D eigenvalue weighted by Crippen LogP contribution is -2.53. The zero-order valence-electron chi connectivity index (χ0n) is 19.0. The van der Waals surface area contributed by atoms with Gasteiger partial charge in [-0.3, -0.25) is 14.5 Å². The summed E-state index contributed by atoms with van der Waals surface area (Å²) >= 11 is 6.05. The lowest BCUT2D eigenvalue weighted by atomic mass is 10.0. The van der Waals surface area contributed by atoms with E-state index in [1.165, 1.54) is 0 Å². The van der Waals surface area contributed by atoms with Crippen LogP contribution in [0.4, 0.5) is 0 Å². The van der Waals surface area contributed by atoms with E-state index in [1.807, 2.05) is 64.4 Å². The normalized spacial score (nSPS) is 17.2. The van der Waals surface area contributed by atoms with E-state index in [-0.39, 0.29) is 11.8 Å². The number of rotatable bonds is 4. The van der Waals surface area contributed by atoms with Gasteiger partial charge in [-0.25, -0.2) is 4.98 Å². The smallest absolute Gasteiger partial charge is 0.254 e. The topological polar surface area (TPSA) is 66.0 Å². The molecule has 2 aliphatic rings. The Labute approximate surface area is 203 Å². The summed E-state index contributed by atoms with van der Waals surface area (Å²) in [7, 11) is 0. The van der Waals surface area contributed by atoms with Gasteiger partial charge >= 0.3 is 0 Å². The summed E-state index contributed by atoms with van der Waals surface area (Å²) in [5.74, 6) is 0.0856. The number of aromatic nitrogens is 1. The SMILES string of the molecule is O=C(CN1CCOCC1)N1CCN(C(=O)c2cc(-c3ccc(Cl)cc3)nc3ccccc23)CC1. The van der Waals surface area contributed by atoms with E-state index in [2.05, 4.69) is 4.90 Å². The summed E-state index contributed by atoms with van der Waals surface area (Å²) in [6.07, 6.45) is 0. The van der Waals surface area contributed by atoms with Crippen LogP contribution in [-0.2, 0) is 9.53 Å². The molecule has 0 radical (unpaired) electrons. The van der Waals surface area contributed by atoms with E-state index in [0.29, 0.717) is 56.5 Å². The molecule has 0 atom stereocenters. The highest BCUT2D eigenvalue weighted by Gasteiger charge is 2.27. The highest BCUT2D eigenvalue weighted by Crippen LogP contribution is 2.27. The fourth-order valence-corrected chi connectivity index (χ4v) is 4.63. The summed E-state index contributed by atoms with van der Waals surface area (Å²) in [6.45, 7) is 5.45. The molecule has 2 aromatic carbocycles. The number of carbonyl (C=O) groups is 2. The maximum atomic E-state index is 13.6. The van der Waals surface area contributed by atoms with Crippen LogP contribution in [0, 0.1) is 0 Å². The number of morpholine rings is 1. The van der Waals surface area contributed by atoms with Gasteiger partial charge < -0.3 is 14.5 Å². The second kappa shape index (κ2) is 10.1. The standard InChI is InChI=1S/C26H27ClN4O3/c27-20-7-5-19(6-8-20)24-17-22(21-3-1-2-4-23(21)28-24)26(33)31-11-9-30(10-12-31)25(32)18-29-13-15-34-16-14-29/h1-8,17H,9-16,18H2. The number of hydrogen-bond donors (Lipinski definition) is 0. The Hall–Kier alpha value is -3.00. The van der Waals surface area contributed by atoms with Crippen molar-refractivity contribution in [3.63, 3.8) is 0 Å². The first-order chi connectivity index (χ1) is 16.6. The molecular weight excluding hydrogens is 452 g/mol. The monoisotopic (exact) mass is 478 g/mol. The van der Waals surface area contributed by atoms with Crippen LogP contribution in [0.15, 0.2) is 54.6 Å². The van der Waals surface area contributed by atoms with E-state index in [1.54, 1.807) is 0 Å². The van der Waals surface area contributed by atoms with Crippen molar-refractivity contribution >= 4 is 34.3 Å². The van der Waals surface area contributed by atoms with E-state index < -0.39 is 0 Å². The molecular formula is C26H27ClN4O3. The molecule has 2 fully saturated rings. The summed E-state index contributed by atoms with van der Waals surface area (Å²) in [4.78, 5) is 36.9. The number of piperazine rings is 1. The molecule has 0 N–H and O–H groups in total. The first-order valence-electron chi connectivity index (χ1n) is 11.6. The Morgan fingerprint density at radius 2 is 1.56 bits per heavy atom. The van der Waals surface area contributed by atoms with Crippen LogP contribution < -0.4 is 0 Å². The number of pyridine rings is 1. The largest absolute Gasteiger partial charge is 0.379 e. The molecule has 7 nitrogen and oxygen atoms in total. The van der Waals surface area contributed by atoms with E-state index >= 15 is 0 Å². The zero-order chi connectivity index (χ0) is 23.5. The Bertz CT molecular complexity index is 1190. The predicted octanol–water partition coefficient (Wildman–Crippen LogP) is 3.17. The van der Waals surface area contributed by atoms with Crippen molar-refractivity contribution in [3.8, 4) is 11.3 Å². The average molecular weight is 479 g/mol. The molecule has 1 aromatic heterocycles. The number of nitrogens with zero attached hydrogens (tertiary/aromatic N) is 4. The molecule has 3 heterocycles. The molecule has 0 saturated carbocycles. The summed E-state index contributed by atoms with van der Waals surface area (Å²) in [5, 5.41) is 1.48. The van der Waals surface area contributed by atoms with Gasteiger partial charge in [-0.2, -0.15) is 0 Å². The van der Waals surface area contributed by atoms with Gasteiger partial charge in [-0.1, -0.05) is 41.9 Å². The molecule has 2 aliphatic heterocycles. The number of halogens is 1. The minimum Gasteiger partial charge on any atom is -0.379 e. The van der Waals surface area contributed by atoms with Crippen LogP contribution in [0.5, 0.6) is 0 Å². The van der Waals surface area contributed by atoms with E-state index in [0.717, 1.165) is 35.2 Å². The van der Waals surface area contributed by atoms with Crippen molar-refractivity contribution in [2.75, 3.05) is 59.0 Å². The molecule has 0 unspecified atom stereocenters. The summed E-state index contributed by atoms with van der Waals surface area (Å²) in [5.41, 5.74) is 3.04. The highest BCUT2D eigenvalue weighted by molar-refractivity contribution is 6.30. The van der Waals surface area contributed by atoms with Crippen molar-refractivity contribution in [3.05, 3.63) is 65.2 Å². The van der Waals surface area contributed by atoms with Crippen molar-refractivity contribution in [1.82, 2.24) is 19.7 Å². The van der Waals surface area contributed by atoms with Gasteiger partial charge in [-0.15, -0.1) is 0 Å². The number of amides is 2. The molecule has 3 aromatic rings. The van der Waals surface area contributed by atoms with Gasteiger partial charge in [0.05, 0.1) is 36.5 Å². The molecule has 0 spiro atoms. The second-order valence-corrected chi connectivity index (χ2v) is 9.08. The highest BCUT2D eigenvalue weighted by atomic mass is 35.5. The van der Waals surface area contributed by atoms with E-state index in [4.69, 9.17) is 21.3 Å². The van der Waals surface area contributed by atoms with Gasteiger partial charge in [0, 0.05) is 55.2 Å². The van der Waals surface area contributed by atoms with Crippen molar-refractivity contribution < 1.29 is 14.3 Å². The molecule has 2 saturated heterocycles. The van der Waals surface area contributed by atoms with Crippen LogP contribution in [-0.4, -0.2) is 90.5 Å². The molecule has 0 bridgehead atoms. The van der Waals surface area contributed by atoms with Crippen LogP contribution in [0.1, 0.15) is 10.4 Å². The number of hydrogen-bond acceptors (Lipinski definition) is 5. The quantitative estimate of drug-likeness (QED) is 0.576. The minimum absolute atomic E-state index is 0.0332. The van der Waals surface area contributed by atoms with Crippen molar-refractivity contribution in [2.24, 2.45) is 0 Å². The Kier molecular flexibility index (Phi) is 6.76. The number of ether oxygens (including phenoxy) is 1. The van der Waals surface area contributed by atoms with Crippen LogP contribution in [0.3, 0.4) is 0 Å². The van der Waals surface area contributed by atoms with Gasteiger partial charge in [0.25, 0.3) is 5.91 Å². The number of para-hydroxylation sites is 1. The Morgan fingerprint density at radius 3 is 2.29 bits per heavy atom. The third kappa shape index (κ3) is 4.92. The van der Waals surface area contributed by atoms with Crippen molar-refractivity contribution in [1.29, 1.82) is 0 Å². The second-order valence-electron chi connectivity index (χ2n) is 8.64. The average Bonchev–Trinajstić information content (AvgIpc) is 2.89. The molecule has 176 valence electrons. The predicted molar refractivity (Wildman–Crippen MR) is 132 cm³/mol. The molecule has 8 heteroatoms. The van der Waals surface area contributed by atoms with Gasteiger partial charge in [-0.05, 0) is 24.3 Å². The number of benzene rings is 2.